The number of β-amino-alcohol motifs (C(OH)–C–C–N with tert-alkyl or cyclic N) is 1. The number of nitrogens with zero attached hydrogens (tertiary/aromatic N) is 1. The number of likely N-dealkylation sites (tertiary alicyclic amines) is 1. The topological polar surface area (TPSA) is 41.9 Å². The molecule has 0 saturated carbocycles. The minimum absolute atomic E-state index is 0.515. The van der Waals surface area contributed by atoms with Gasteiger partial charge in [0.1, 0.15) is 11.5 Å². The number of ether oxygens (including phenoxy) is 2. The molecule has 1 N–H and O–H groups in total. The predicted octanol–water partition coefficient (Wildman–Crippen LogP) is 2.22. The Morgan fingerprint density at radius 2 is 1.89 bits per heavy atom. The lowest BCUT2D eigenvalue weighted by Gasteiger charge is -2.29. The molecule has 4 heteroatoms. The van der Waals surface area contributed by atoms with Crippen LogP contribution < -0.4 is 9.47 Å². The van der Waals surface area contributed by atoms with Gasteiger partial charge < -0.3 is 19.5 Å². The van der Waals surface area contributed by atoms with Crippen LogP contribution in [0, 0.1) is 0 Å². The minimum Gasteiger partial charge on any atom is -0.497 e. The average Bonchev–Trinajstić information content (AvgIpc) is 2.47. The molecule has 1 aromatic carbocycles. The highest BCUT2D eigenvalue weighted by Crippen LogP contribution is 2.30. The number of hydrogen-bond donors (Lipinski definition) is 1. The summed E-state index contributed by atoms with van der Waals surface area (Å²) in [5, 5.41) is 10.4. The summed E-state index contributed by atoms with van der Waals surface area (Å²) in [5.41, 5.74) is 0.828. The molecule has 106 valence electrons. The van der Waals surface area contributed by atoms with Gasteiger partial charge in [0.25, 0.3) is 0 Å². The highest BCUT2D eigenvalue weighted by Gasteiger charge is 2.19. The van der Waals surface area contributed by atoms with E-state index in [1.165, 1.54) is 19.3 Å². The summed E-state index contributed by atoms with van der Waals surface area (Å²) < 4.78 is 10.5. The third kappa shape index (κ3) is 3.61. The van der Waals surface area contributed by atoms with E-state index in [9.17, 15) is 5.11 Å². The molecule has 2 rings (SSSR count). The van der Waals surface area contributed by atoms with Crippen LogP contribution in [-0.4, -0.2) is 43.9 Å². The van der Waals surface area contributed by atoms with Crippen LogP contribution in [-0.2, 0) is 0 Å². The average molecular weight is 265 g/mol. The molecule has 0 radical (unpaired) electrons. The molecule has 1 unspecified atom stereocenters. The number of rotatable bonds is 5. The van der Waals surface area contributed by atoms with E-state index in [0.29, 0.717) is 12.3 Å². The fourth-order valence-corrected chi connectivity index (χ4v) is 2.58. The van der Waals surface area contributed by atoms with E-state index in [0.717, 1.165) is 24.4 Å². The molecule has 1 fully saturated rings. The normalized spacial score (nSPS) is 18.1. The molecule has 1 aliphatic rings. The minimum atomic E-state index is -0.515. The zero-order valence-electron chi connectivity index (χ0n) is 11.8. The van der Waals surface area contributed by atoms with Gasteiger partial charge in [-0.25, -0.2) is 0 Å². The van der Waals surface area contributed by atoms with Crippen LogP contribution in [0.2, 0.25) is 0 Å². The number of aliphatic hydroxyl groups is 1. The number of aliphatic hydroxyl groups excluding tert-OH is 1. The molecule has 1 aliphatic heterocycles. The van der Waals surface area contributed by atoms with Crippen molar-refractivity contribution < 1.29 is 14.6 Å². The quantitative estimate of drug-likeness (QED) is 0.886. The van der Waals surface area contributed by atoms with Crippen LogP contribution >= 0.6 is 0 Å². The lowest BCUT2D eigenvalue weighted by Crippen LogP contribution is -2.33. The number of benzene rings is 1. The van der Waals surface area contributed by atoms with E-state index >= 15 is 0 Å². The van der Waals surface area contributed by atoms with Crippen LogP contribution in [0.15, 0.2) is 18.2 Å². The standard InChI is InChI=1S/C15H23NO3/c1-18-12-6-7-13(15(10-12)19-2)14(17)11-16-8-4-3-5-9-16/h6-7,10,14,17H,3-5,8-9,11H2,1-2H3. The van der Waals surface area contributed by atoms with Gasteiger partial charge in [-0.2, -0.15) is 0 Å². The molecule has 0 bridgehead atoms. The van der Waals surface area contributed by atoms with Crippen molar-refractivity contribution in [3.63, 3.8) is 0 Å². The number of hydrogen-bond acceptors (Lipinski definition) is 4. The maximum absolute atomic E-state index is 10.4. The molecular weight excluding hydrogens is 242 g/mol. The Bertz CT molecular complexity index is 402. The molecule has 1 heterocycles. The molecule has 0 aromatic heterocycles. The first kappa shape index (κ1) is 14.2. The van der Waals surface area contributed by atoms with E-state index in [-0.39, 0.29) is 0 Å². The first-order valence-corrected chi connectivity index (χ1v) is 6.87. The van der Waals surface area contributed by atoms with Crippen molar-refractivity contribution in [3.05, 3.63) is 23.8 Å². The van der Waals surface area contributed by atoms with Crippen molar-refractivity contribution >= 4 is 0 Å². The van der Waals surface area contributed by atoms with Gasteiger partial charge in [-0.05, 0) is 38.1 Å². The summed E-state index contributed by atoms with van der Waals surface area (Å²) in [6.07, 6.45) is 3.25. The van der Waals surface area contributed by atoms with Gasteiger partial charge in [-0.15, -0.1) is 0 Å². The van der Waals surface area contributed by atoms with Gasteiger partial charge in [0.2, 0.25) is 0 Å². The van der Waals surface area contributed by atoms with Gasteiger partial charge in [0.15, 0.2) is 0 Å². The zero-order chi connectivity index (χ0) is 13.7. The molecule has 0 spiro atoms. The highest BCUT2D eigenvalue weighted by atomic mass is 16.5. The second kappa shape index (κ2) is 6.78. The first-order chi connectivity index (χ1) is 9.24. The Morgan fingerprint density at radius 1 is 1.16 bits per heavy atom. The Kier molecular flexibility index (Phi) is 5.05. The SMILES string of the molecule is COc1ccc(C(O)CN2CCCCC2)c(OC)c1. The number of methoxy groups -OCH3 is 2. The van der Waals surface area contributed by atoms with Crippen molar-refractivity contribution in [2.24, 2.45) is 0 Å². The predicted molar refractivity (Wildman–Crippen MR) is 74.8 cm³/mol. The fourth-order valence-electron chi connectivity index (χ4n) is 2.58. The summed E-state index contributed by atoms with van der Waals surface area (Å²) in [6, 6.07) is 5.55. The van der Waals surface area contributed by atoms with Gasteiger partial charge in [0.05, 0.1) is 20.3 Å². The Hall–Kier alpha value is -1.26. The van der Waals surface area contributed by atoms with Crippen LogP contribution in [0.4, 0.5) is 0 Å². The maximum Gasteiger partial charge on any atom is 0.128 e. The van der Waals surface area contributed by atoms with Crippen LogP contribution in [0.1, 0.15) is 30.9 Å². The van der Waals surface area contributed by atoms with E-state index in [1.54, 1.807) is 14.2 Å². The largest absolute Gasteiger partial charge is 0.497 e. The molecule has 19 heavy (non-hydrogen) atoms. The second-order valence-electron chi connectivity index (χ2n) is 4.98. The Balaban J connectivity index is 2.06. The van der Waals surface area contributed by atoms with Crippen molar-refractivity contribution in [2.45, 2.75) is 25.4 Å². The molecule has 0 amide bonds. The third-order valence-corrected chi connectivity index (χ3v) is 3.68. The molecule has 1 aromatic rings. The molecule has 4 nitrogen and oxygen atoms in total. The van der Waals surface area contributed by atoms with Crippen molar-refractivity contribution in [1.82, 2.24) is 4.90 Å². The Morgan fingerprint density at radius 3 is 2.53 bits per heavy atom. The lowest BCUT2D eigenvalue weighted by molar-refractivity contribution is 0.0993. The summed E-state index contributed by atoms with van der Waals surface area (Å²) in [7, 11) is 3.24. The van der Waals surface area contributed by atoms with Crippen LogP contribution in [0.3, 0.4) is 0 Å². The zero-order valence-corrected chi connectivity index (χ0v) is 11.8. The van der Waals surface area contributed by atoms with E-state index in [1.807, 2.05) is 18.2 Å². The number of piperidine rings is 1. The lowest BCUT2D eigenvalue weighted by atomic mass is 10.1. The Labute approximate surface area is 114 Å². The summed E-state index contributed by atoms with van der Waals surface area (Å²) >= 11 is 0. The second-order valence-corrected chi connectivity index (χ2v) is 4.98. The first-order valence-electron chi connectivity index (χ1n) is 6.87. The van der Waals surface area contributed by atoms with Crippen LogP contribution in [0.5, 0.6) is 11.5 Å². The van der Waals surface area contributed by atoms with Crippen molar-refractivity contribution in [1.29, 1.82) is 0 Å². The molecule has 1 atom stereocenters. The monoisotopic (exact) mass is 265 g/mol. The fraction of sp³-hybridized carbons (Fsp3) is 0.600. The smallest absolute Gasteiger partial charge is 0.128 e. The van der Waals surface area contributed by atoms with Gasteiger partial charge >= 0.3 is 0 Å². The van der Waals surface area contributed by atoms with Gasteiger partial charge in [-0.3, -0.25) is 0 Å². The molecule has 0 aliphatic carbocycles. The molecular formula is C15H23NO3. The van der Waals surface area contributed by atoms with E-state index in [2.05, 4.69) is 4.90 Å². The van der Waals surface area contributed by atoms with E-state index in [4.69, 9.17) is 9.47 Å². The van der Waals surface area contributed by atoms with Gasteiger partial charge in [-0.1, -0.05) is 6.42 Å². The third-order valence-electron chi connectivity index (χ3n) is 3.68. The summed E-state index contributed by atoms with van der Waals surface area (Å²) in [4.78, 5) is 2.32. The van der Waals surface area contributed by atoms with Crippen LogP contribution in [0.25, 0.3) is 0 Å². The van der Waals surface area contributed by atoms with Gasteiger partial charge in [0, 0.05) is 18.2 Å². The highest BCUT2D eigenvalue weighted by molar-refractivity contribution is 5.42. The summed E-state index contributed by atoms with van der Waals surface area (Å²) in [6.45, 7) is 2.83. The molecule has 1 saturated heterocycles. The van der Waals surface area contributed by atoms with Crippen molar-refractivity contribution in [2.75, 3.05) is 33.9 Å². The maximum atomic E-state index is 10.4. The van der Waals surface area contributed by atoms with E-state index < -0.39 is 6.10 Å². The summed E-state index contributed by atoms with van der Waals surface area (Å²) in [5.74, 6) is 1.43. The van der Waals surface area contributed by atoms with Crippen molar-refractivity contribution in [3.8, 4) is 11.5 Å².